The zero-order valence-electron chi connectivity index (χ0n) is 12.3. The summed E-state index contributed by atoms with van der Waals surface area (Å²) < 4.78 is 5.63. The van der Waals surface area contributed by atoms with E-state index in [1.165, 1.54) is 6.42 Å². The van der Waals surface area contributed by atoms with Crippen molar-refractivity contribution in [3.63, 3.8) is 0 Å². The quantitative estimate of drug-likeness (QED) is 0.723. The topological polar surface area (TPSA) is 24.5 Å². The predicted octanol–water partition coefficient (Wildman–Crippen LogP) is 2.27. The van der Waals surface area contributed by atoms with Gasteiger partial charge in [-0.1, -0.05) is 13.8 Å². The first kappa shape index (κ1) is 14.9. The van der Waals surface area contributed by atoms with Gasteiger partial charge in [-0.2, -0.15) is 0 Å². The molecule has 1 fully saturated rings. The fourth-order valence-electron chi connectivity index (χ4n) is 2.38. The normalized spacial score (nSPS) is 29.5. The monoisotopic (exact) mass is 242 g/mol. The van der Waals surface area contributed by atoms with E-state index in [0.717, 1.165) is 39.3 Å². The van der Waals surface area contributed by atoms with Gasteiger partial charge in [-0.3, -0.25) is 4.90 Å². The molecule has 1 unspecified atom stereocenters. The zero-order chi connectivity index (χ0) is 12.9. The van der Waals surface area contributed by atoms with Crippen molar-refractivity contribution in [2.24, 2.45) is 0 Å². The second-order valence-corrected chi connectivity index (χ2v) is 6.12. The summed E-state index contributed by atoms with van der Waals surface area (Å²) in [6.45, 7) is 16.3. The van der Waals surface area contributed by atoms with Gasteiger partial charge in [-0.25, -0.2) is 0 Å². The average molecular weight is 242 g/mol. The van der Waals surface area contributed by atoms with Crippen LogP contribution in [0.1, 0.15) is 47.5 Å². The van der Waals surface area contributed by atoms with E-state index in [9.17, 15) is 0 Å². The number of piperazine rings is 1. The third kappa shape index (κ3) is 4.23. The van der Waals surface area contributed by atoms with Gasteiger partial charge in [0.15, 0.2) is 0 Å². The Hall–Kier alpha value is -0.120. The number of nitrogens with zero attached hydrogens (tertiary/aromatic N) is 1. The lowest BCUT2D eigenvalue weighted by Gasteiger charge is -2.51. The first-order valence-corrected chi connectivity index (χ1v) is 7.01. The number of hydrogen-bond donors (Lipinski definition) is 1. The fourth-order valence-corrected chi connectivity index (χ4v) is 2.38. The van der Waals surface area contributed by atoms with Gasteiger partial charge < -0.3 is 10.1 Å². The van der Waals surface area contributed by atoms with Gasteiger partial charge in [0.1, 0.15) is 0 Å². The minimum atomic E-state index is 0.222. The van der Waals surface area contributed by atoms with E-state index in [-0.39, 0.29) is 11.1 Å². The number of nitrogens with one attached hydrogen (secondary N) is 1. The van der Waals surface area contributed by atoms with Crippen molar-refractivity contribution in [2.75, 3.05) is 32.8 Å². The molecular formula is C14H30N2O. The Bertz CT molecular complexity index is 230. The summed E-state index contributed by atoms with van der Waals surface area (Å²) in [5.74, 6) is 0. The standard InChI is InChI=1S/C14H30N2O/c1-6-9-17-10-8-16-12-13(3,4)15-11-14(16,5)7-2/h15H,6-12H2,1-5H3. The summed E-state index contributed by atoms with van der Waals surface area (Å²) in [6.07, 6.45) is 2.29. The molecule has 1 heterocycles. The highest BCUT2D eigenvalue weighted by Crippen LogP contribution is 2.26. The SMILES string of the molecule is CCCOCCN1CC(C)(C)NCC1(C)CC. The molecule has 1 aliphatic heterocycles. The van der Waals surface area contributed by atoms with Crippen molar-refractivity contribution in [3.8, 4) is 0 Å². The Morgan fingerprint density at radius 2 is 1.88 bits per heavy atom. The van der Waals surface area contributed by atoms with Crippen molar-refractivity contribution in [3.05, 3.63) is 0 Å². The maximum Gasteiger partial charge on any atom is 0.0593 e. The molecule has 0 amide bonds. The van der Waals surface area contributed by atoms with E-state index >= 15 is 0 Å². The highest BCUT2D eigenvalue weighted by Gasteiger charge is 2.39. The van der Waals surface area contributed by atoms with Gasteiger partial charge in [0.25, 0.3) is 0 Å². The Morgan fingerprint density at radius 1 is 1.18 bits per heavy atom. The molecule has 1 N–H and O–H groups in total. The van der Waals surface area contributed by atoms with E-state index in [0.29, 0.717) is 0 Å². The smallest absolute Gasteiger partial charge is 0.0593 e. The minimum Gasteiger partial charge on any atom is -0.380 e. The fraction of sp³-hybridized carbons (Fsp3) is 1.00. The second-order valence-electron chi connectivity index (χ2n) is 6.12. The van der Waals surface area contributed by atoms with Crippen LogP contribution in [0.4, 0.5) is 0 Å². The van der Waals surface area contributed by atoms with E-state index in [1.807, 2.05) is 0 Å². The number of hydrogen-bond acceptors (Lipinski definition) is 3. The first-order valence-electron chi connectivity index (χ1n) is 7.01. The molecule has 1 saturated heterocycles. The first-order chi connectivity index (χ1) is 7.93. The van der Waals surface area contributed by atoms with Gasteiger partial charge in [0, 0.05) is 37.3 Å². The van der Waals surface area contributed by atoms with E-state index in [2.05, 4.69) is 44.8 Å². The molecular weight excluding hydrogens is 212 g/mol. The van der Waals surface area contributed by atoms with Gasteiger partial charge in [0.2, 0.25) is 0 Å². The lowest BCUT2D eigenvalue weighted by molar-refractivity contribution is -0.000327. The van der Waals surface area contributed by atoms with Gasteiger partial charge in [0.05, 0.1) is 6.61 Å². The summed E-state index contributed by atoms with van der Waals surface area (Å²) >= 11 is 0. The molecule has 0 aromatic carbocycles. The Morgan fingerprint density at radius 3 is 2.47 bits per heavy atom. The minimum absolute atomic E-state index is 0.222. The number of rotatable bonds is 6. The van der Waals surface area contributed by atoms with E-state index in [4.69, 9.17) is 4.74 Å². The highest BCUT2D eigenvalue weighted by molar-refractivity contribution is 4.99. The molecule has 1 aliphatic rings. The van der Waals surface area contributed by atoms with Gasteiger partial charge >= 0.3 is 0 Å². The van der Waals surface area contributed by atoms with E-state index in [1.54, 1.807) is 0 Å². The van der Waals surface area contributed by atoms with Crippen LogP contribution in [0, 0.1) is 0 Å². The van der Waals surface area contributed by atoms with Crippen LogP contribution < -0.4 is 5.32 Å². The van der Waals surface area contributed by atoms with Crippen LogP contribution in [0.2, 0.25) is 0 Å². The van der Waals surface area contributed by atoms with Gasteiger partial charge in [-0.15, -0.1) is 0 Å². The molecule has 0 aromatic heterocycles. The molecule has 0 spiro atoms. The average Bonchev–Trinajstić information content (AvgIpc) is 2.29. The zero-order valence-corrected chi connectivity index (χ0v) is 12.3. The molecule has 1 atom stereocenters. The third-order valence-electron chi connectivity index (χ3n) is 3.91. The Kier molecular flexibility index (Phi) is 5.42. The number of ether oxygens (including phenoxy) is 1. The van der Waals surface area contributed by atoms with Crippen LogP contribution in [0.25, 0.3) is 0 Å². The van der Waals surface area contributed by atoms with Crippen LogP contribution in [-0.4, -0.2) is 48.8 Å². The predicted molar refractivity (Wildman–Crippen MR) is 73.5 cm³/mol. The molecule has 3 heteroatoms. The van der Waals surface area contributed by atoms with Crippen LogP contribution in [0.5, 0.6) is 0 Å². The van der Waals surface area contributed by atoms with Crippen molar-refractivity contribution in [2.45, 2.75) is 58.5 Å². The van der Waals surface area contributed by atoms with E-state index < -0.39 is 0 Å². The summed E-state index contributed by atoms with van der Waals surface area (Å²) in [5.41, 5.74) is 0.504. The molecule has 17 heavy (non-hydrogen) atoms. The van der Waals surface area contributed by atoms with Crippen LogP contribution in [-0.2, 0) is 4.74 Å². The lowest BCUT2D eigenvalue weighted by atomic mass is 9.88. The Labute approximate surface area is 107 Å². The van der Waals surface area contributed by atoms with Crippen molar-refractivity contribution >= 4 is 0 Å². The summed E-state index contributed by atoms with van der Waals surface area (Å²) in [6, 6.07) is 0. The summed E-state index contributed by atoms with van der Waals surface area (Å²) in [5, 5.41) is 3.65. The van der Waals surface area contributed by atoms with Gasteiger partial charge in [-0.05, 0) is 33.6 Å². The van der Waals surface area contributed by atoms with Crippen molar-refractivity contribution < 1.29 is 4.74 Å². The molecule has 3 nitrogen and oxygen atoms in total. The maximum atomic E-state index is 5.63. The van der Waals surface area contributed by atoms with Crippen LogP contribution >= 0.6 is 0 Å². The molecule has 1 rings (SSSR count). The summed E-state index contributed by atoms with van der Waals surface area (Å²) in [7, 11) is 0. The second kappa shape index (κ2) is 6.17. The van der Waals surface area contributed by atoms with Crippen molar-refractivity contribution in [1.29, 1.82) is 0 Å². The molecule has 102 valence electrons. The van der Waals surface area contributed by atoms with Crippen molar-refractivity contribution in [1.82, 2.24) is 10.2 Å². The Balaban J connectivity index is 2.50. The lowest BCUT2D eigenvalue weighted by Crippen LogP contribution is -2.67. The molecule has 0 radical (unpaired) electrons. The molecule has 0 saturated carbocycles. The molecule has 0 aromatic rings. The van der Waals surface area contributed by atoms with Crippen LogP contribution in [0.3, 0.4) is 0 Å². The highest BCUT2D eigenvalue weighted by atomic mass is 16.5. The molecule has 0 bridgehead atoms. The van der Waals surface area contributed by atoms with Crippen LogP contribution in [0.15, 0.2) is 0 Å². The molecule has 0 aliphatic carbocycles. The summed E-state index contributed by atoms with van der Waals surface area (Å²) in [4.78, 5) is 2.60. The largest absolute Gasteiger partial charge is 0.380 e. The third-order valence-corrected chi connectivity index (χ3v) is 3.91. The maximum absolute atomic E-state index is 5.63.